The molecule has 19 heavy (non-hydrogen) atoms. The standard InChI is InChI=1S/C15H13N3O/c1-19-15-12(11-6-7-17-9-13(11)16)8-10-4-2-3-5-14(10)18-15/h2-9H,16H2,1H3. The third-order valence-corrected chi connectivity index (χ3v) is 3.02. The van der Waals surface area contributed by atoms with Crippen molar-refractivity contribution in [3.05, 3.63) is 48.8 Å². The maximum Gasteiger partial charge on any atom is 0.221 e. The maximum atomic E-state index is 5.97. The molecule has 2 heterocycles. The molecule has 0 bridgehead atoms. The predicted octanol–water partition coefficient (Wildman–Crippen LogP) is 2.89. The minimum Gasteiger partial charge on any atom is -0.481 e. The minimum atomic E-state index is 0.566. The molecule has 0 aliphatic carbocycles. The Balaban J connectivity index is 2.31. The molecule has 0 saturated carbocycles. The maximum absolute atomic E-state index is 5.97. The average Bonchev–Trinajstić information content (AvgIpc) is 2.46. The highest BCUT2D eigenvalue weighted by Gasteiger charge is 2.11. The van der Waals surface area contributed by atoms with E-state index in [4.69, 9.17) is 10.5 Å². The number of rotatable bonds is 2. The van der Waals surface area contributed by atoms with Gasteiger partial charge in [0.1, 0.15) is 0 Å². The number of fused-ring (bicyclic) bond motifs is 1. The van der Waals surface area contributed by atoms with Crippen molar-refractivity contribution >= 4 is 16.6 Å². The van der Waals surface area contributed by atoms with Crippen molar-refractivity contribution in [3.63, 3.8) is 0 Å². The summed E-state index contributed by atoms with van der Waals surface area (Å²) in [7, 11) is 1.61. The predicted molar refractivity (Wildman–Crippen MR) is 75.9 cm³/mol. The fourth-order valence-electron chi connectivity index (χ4n) is 2.10. The number of benzene rings is 1. The summed E-state index contributed by atoms with van der Waals surface area (Å²) in [5, 5.41) is 1.05. The summed E-state index contributed by atoms with van der Waals surface area (Å²) in [6.07, 6.45) is 3.34. The molecular weight excluding hydrogens is 238 g/mol. The van der Waals surface area contributed by atoms with Crippen molar-refractivity contribution in [1.82, 2.24) is 9.97 Å². The van der Waals surface area contributed by atoms with Gasteiger partial charge in [-0.1, -0.05) is 18.2 Å². The van der Waals surface area contributed by atoms with Crippen LogP contribution in [0.15, 0.2) is 48.8 Å². The highest BCUT2D eigenvalue weighted by molar-refractivity contribution is 5.89. The number of para-hydroxylation sites is 1. The zero-order valence-corrected chi connectivity index (χ0v) is 10.5. The summed E-state index contributed by atoms with van der Waals surface area (Å²) in [5.74, 6) is 0.566. The lowest BCUT2D eigenvalue weighted by atomic mass is 10.0. The number of methoxy groups -OCH3 is 1. The van der Waals surface area contributed by atoms with Gasteiger partial charge in [-0.15, -0.1) is 0 Å². The number of hydrogen-bond donors (Lipinski definition) is 1. The highest BCUT2D eigenvalue weighted by Crippen LogP contribution is 2.34. The Bertz CT molecular complexity index is 740. The molecule has 0 unspecified atom stereocenters. The number of anilines is 1. The lowest BCUT2D eigenvalue weighted by molar-refractivity contribution is 0.401. The Morgan fingerprint density at radius 2 is 1.95 bits per heavy atom. The molecule has 0 aliphatic rings. The van der Waals surface area contributed by atoms with Crippen LogP contribution in [0.1, 0.15) is 0 Å². The van der Waals surface area contributed by atoms with Crippen molar-refractivity contribution in [1.29, 1.82) is 0 Å². The normalized spacial score (nSPS) is 10.6. The number of pyridine rings is 2. The lowest BCUT2D eigenvalue weighted by Crippen LogP contribution is -1.96. The van der Waals surface area contributed by atoms with Gasteiger partial charge in [-0.3, -0.25) is 4.98 Å². The van der Waals surface area contributed by atoms with Crippen molar-refractivity contribution in [3.8, 4) is 17.0 Å². The van der Waals surface area contributed by atoms with Gasteiger partial charge in [0.05, 0.1) is 24.5 Å². The Hall–Kier alpha value is -2.62. The van der Waals surface area contributed by atoms with Gasteiger partial charge in [0, 0.05) is 22.7 Å². The zero-order chi connectivity index (χ0) is 13.2. The van der Waals surface area contributed by atoms with Crippen LogP contribution in [-0.4, -0.2) is 17.1 Å². The summed E-state index contributed by atoms with van der Waals surface area (Å²) < 4.78 is 5.38. The van der Waals surface area contributed by atoms with Gasteiger partial charge in [-0.05, 0) is 18.2 Å². The summed E-state index contributed by atoms with van der Waals surface area (Å²) in [4.78, 5) is 8.51. The molecule has 0 spiro atoms. The first-order valence-corrected chi connectivity index (χ1v) is 5.93. The molecule has 3 rings (SSSR count). The molecule has 3 aromatic rings. The monoisotopic (exact) mass is 251 g/mol. The molecular formula is C15H13N3O. The van der Waals surface area contributed by atoms with Crippen molar-refractivity contribution in [2.24, 2.45) is 0 Å². The number of nitrogens with zero attached hydrogens (tertiary/aromatic N) is 2. The van der Waals surface area contributed by atoms with Crippen LogP contribution in [0.3, 0.4) is 0 Å². The van der Waals surface area contributed by atoms with E-state index in [9.17, 15) is 0 Å². The molecule has 4 heteroatoms. The van der Waals surface area contributed by atoms with Gasteiger partial charge in [0.2, 0.25) is 5.88 Å². The number of ether oxygens (including phenoxy) is 1. The van der Waals surface area contributed by atoms with E-state index in [-0.39, 0.29) is 0 Å². The van der Waals surface area contributed by atoms with Crippen LogP contribution in [0.2, 0.25) is 0 Å². The Labute approximate surface area is 110 Å². The van der Waals surface area contributed by atoms with Crippen LogP contribution in [0, 0.1) is 0 Å². The Morgan fingerprint density at radius 1 is 1.11 bits per heavy atom. The van der Waals surface area contributed by atoms with E-state index in [1.54, 1.807) is 19.5 Å². The minimum absolute atomic E-state index is 0.566. The molecule has 2 N–H and O–H groups in total. The van der Waals surface area contributed by atoms with Crippen LogP contribution in [0.25, 0.3) is 22.0 Å². The summed E-state index contributed by atoms with van der Waals surface area (Å²) in [6, 6.07) is 11.8. The number of hydrogen-bond acceptors (Lipinski definition) is 4. The van der Waals surface area contributed by atoms with Crippen LogP contribution in [0.4, 0.5) is 5.69 Å². The third kappa shape index (κ3) is 1.97. The SMILES string of the molecule is COc1nc2ccccc2cc1-c1ccncc1N. The molecule has 0 saturated heterocycles. The lowest BCUT2D eigenvalue weighted by Gasteiger charge is -2.11. The first-order valence-electron chi connectivity index (χ1n) is 5.93. The first-order chi connectivity index (χ1) is 9.29. The van der Waals surface area contributed by atoms with Gasteiger partial charge in [0.25, 0.3) is 0 Å². The number of aromatic nitrogens is 2. The van der Waals surface area contributed by atoms with Gasteiger partial charge in [0.15, 0.2) is 0 Å². The molecule has 0 aliphatic heterocycles. The van der Waals surface area contributed by atoms with E-state index >= 15 is 0 Å². The molecule has 2 aromatic heterocycles. The van der Waals surface area contributed by atoms with E-state index in [0.29, 0.717) is 11.6 Å². The second-order valence-electron chi connectivity index (χ2n) is 4.20. The van der Waals surface area contributed by atoms with E-state index in [1.165, 1.54) is 0 Å². The fourth-order valence-corrected chi connectivity index (χ4v) is 2.10. The van der Waals surface area contributed by atoms with Gasteiger partial charge in [-0.25, -0.2) is 4.98 Å². The molecule has 4 nitrogen and oxygen atoms in total. The van der Waals surface area contributed by atoms with Gasteiger partial charge < -0.3 is 10.5 Å². The highest BCUT2D eigenvalue weighted by atomic mass is 16.5. The van der Waals surface area contributed by atoms with E-state index in [2.05, 4.69) is 9.97 Å². The van der Waals surface area contributed by atoms with Crippen molar-refractivity contribution in [2.45, 2.75) is 0 Å². The molecule has 1 aromatic carbocycles. The van der Waals surface area contributed by atoms with E-state index < -0.39 is 0 Å². The van der Waals surface area contributed by atoms with E-state index in [0.717, 1.165) is 22.0 Å². The second-order valence-corrected chi connectivity index (χ2v) is 4.20. The first kappa shape index (κ1) is 11.5. The van der Waals surface area contributed by atoms with Crippen molar-refractivity contribution in [2.75, 3.05) is 12.8 Å². The molecule has 0 fully saturated rings. The molecule has 0 atom stereocenters. The second kappa shape index (κ2) is 4.57. The fraction of sp³-hybridized carbons (Fsp3) is 0.0667. The van der Waals surface area contributed by atoms with Crippen LogP contribution >= 0.6 is 0 Å². The third-order valence-electron chi connectivity index (χ3n) is 3.02. The van der Waals surface area contributed by atoms with Gasteiger partial charge in [-0.2, -0.15) is 0 Å². The van der Waals surface area contributed by atoms with Crippen LogP contribution < -0.4 is 10.5 Å². The van der Waals surface area contributed by atoms with Crippen molar-refractivity contribution < 1.29 is 4.74 Å². The van der Waals surface area contributed by atoms with Crippen LogP contribution in [-0.2, 0) is 0 Å². The number of nitrogens with two attached hydrogens (primary N) is 1. The average molecular weight is 251 g/mol. The quantitative estimate of drug-likeness (QED) is 0.760. The summed E-state index contributed by atoms with van der Waals surface area (Å²) in [6.45, 7) is 0. The summed E-state index contributed by atoms with van der Waals surface area (Å²) in [5.41, 5.74) is 9.24. The van der Waals surface area contributed by atoms with Crippen LogP contribution in [0.5, 0.6) is 5.88 Å². The smallest absolute Gasteiger partial charge is 0.221 e. The van der Waals surface area contributed by atoms with E-state index in [1.807, 2.05) is 36.4 Å². The number of nitrogen functional groups attached to an aromatic ring is 1. The topological polar surface area (TPSA) is 61.0 Å². The Morgan fingerprint density at radius 3 is 2.74 bits per heavy atom. The molecule has 0 amide bonds. The zero-order valence-electron chi connectivity index (χ0n) is 10.5. The largest absolute Gasteiger partial charge is 0.481 e. The molecule has 0 radical (unpaired) electrons. The van der Waals surface area contributed by atoms with Gasteiger partial charge >= 0.3 is 0 Å². The Kier molecular flexibility index (Phi) is 2.76. The molecule has 94 valence electrons. The summed E-state index contributed by atoms with van der Waals surface area (Å²) >= 11 is 0.